The number of carboxylic acids is 1. The molecule has 1 aromatic carbocycles. The molecule has 1 aliphatic carbocycles. The smallest absolute Gasteiger partial charge is 0.306 e. The number of ether oxygens (including phenoxy) is 1. The molecule has 0 saturated heterocycles. The highest BCUT2D eigenvalue weighted by atomic mass is 16.5. The maximum absolute atomic E-state index is 11.4. The van der Waals surface area contributed by atoms with E-state index < -0.39 is 18.0 Å². The summed E-state index contributed by atoms with van der Waals surface area (Å²) in [6.07, 6.45) is 2.71. The fraction of sp³-hybridized carbons (Fsp3) is 0.562. The number of fused-ring (bicyclic) bond motifs is 1. The van der Waals surface area contributed by atoms with Crippen LogP contribution in [0.1, 0.15) is 48.5 Å². The number of benzene rings is 1. The second-order valence-electron chi connectivity index (χ2n) is 5.86. The highest BCUT2D eigenvalue weighted by Crippen LogP contribution is 2.39. The summed E-state index contributed by atoms with van der Waals surface area (Å²) in [7, 11) is 0. The molecule has 0 radical (unpaired) electrons. The minimum Gasteiger partial charge on any atom is -0.481 e. The first-order valence-electron chi connectivity index (χ1n) is 7.27. The van der Waals surface area contributed by atoms with Gasteiger partial charge in [-0.05, 0) is 29.5 Å². The van der Waals surface area contributed by atoms with Crippen LogP contribution in [0, 0.1) is 11.8 Å². The minimum absolute atomic E-state index is 0.179. The lowest BCUT2D eigenvalue weighted by Crippen LogP contribution is -2.31. The van der Waals surface area contributed by atoms with Gasteiger partial charge in [-0.1, -0.05) is 31.0 Å². The van der Waals surface area contributed by atoms with Crippen molar-refractivity contribution in [3.8, 4) is 0 Å². The van der Waals surface area contributed by atoms with Crippen LogP contribution in [0.2, 0.25) is 0 Å². The number of aliphatic carboxylic acids is 1. The molecule has 1 aliphatic heterocycles. The third-order valence-electron chi connectivity index (χ3n) is 4.63. The molecular formula is C16H20O4. The van der Waals surface area contributed by atoms with E-state index in [0.29, 0.717) is 19.6 Å². The number of aliphatic hydroxyl groups excluding tert-OH is 1. The second-order valence-corrected chi connectivity index (χ2v) is 5.86. The third kappa shape index (κ3) is 2.45. The van der Waals surface area contributed by atoms with Crippen molar-refractivity contribution in [3.63, 3.8) is 0 Å². The van der Waals surface area contributed by atoms with Gasteiger partial charge in [0.25, 0.3) is 0 Å². The SMILES string of the molecule is O=C(O)C1CCCCC1C(O)c1ccc2c(c1)COC2. The first kappa shape index (κ1) is 13.6. The number of hydrogen-bond donors (Lipinski definition) is 2. The Balaban J connectivity index is 1.83. The van der Waals surface area contributed by atoms with Crippen molar-refractivity contribution < 1.29 is 19.7 Å². The zero-order valence-electron chi connectivity index (χ0n) is 11.4. The molecule has 1 heterocycles. The maximum atomic E-state index is 11.4. The standard InChI is InChI=1S/C16H20O4/c17-15(13-3-1-2-4-14(13)16(18)19)10-5-6-11-8-20-9-12(11)7-10/h5-7,13-15,17H,1-4,8-9H2,(H,18,19). The molecule has 3 rings (SSSR count). The summed E-state index contributed by atoms with van der Waals surface area (Å²) in [5.41, 5.74) is 3.11. The summed E-state index contributed by atoms with van der Waals surface area (Å²) in [6, 6.07) is 5.87. The van der Waals surface area contributed by atoms with Gasteiger partial charge >= 0.3 is 5.97 Å². The molecule has 1 fully saturated rings. The predicted octanol–water partition coefficient (Wildman–Crippen LogP) is 2.64. The Morgan fingerprint density at radius 3 is 2.75 bits per heavy atom. The van der Waals surface area contributed by atoms with Crippen molar-refractivity contribution in [3.05, 3.63) is 34.9 Å². The second kappa shape index (κ2) is 5.54. The zero-order valence-corrected chi connectivity index (χ0v) is 11.4. The Labute approximate surface area is 118 Å². The van der Waals surface area contributed by atoms with Crippen LogP contribution in [-0.2, 0) is 22.7 Å². The van der Waals surface area contributed by atoms with Gasteiger partial charge in [0.2, 0.25) is 0 Å². The highest BCUT2D eigenvalue weighted by Gasteiger charge is 2.36. The van der Waals surface area contributed by atoms with E-state index in [9.17, 15) is 15.0 Å². The first-order valence-corrected chi connectivity index (χ1v) is 7.27. The topological polar surface area (TPSA) is 66.8 Å². The molecular weight excluding hydrogens is 256 g/mol. The Kier molecular flexibility index (Phi) is 3.76. The molecule has 2 aliphatic rings. The van der Waals surface area contributed by atoms with Gasteiger partial charge in [-0.2, -0.15) is 0 Å². The van der Waals surface area contributed by atoms with E-state index in [1.165, 1.54) is 5.56 Å². The summed E-state index contributed by atoms with van der Waals surface area (Å²) in [5, 5.41) is 19.9. The Bertz CT molecular complexity index is 511. The molecule has 4 nitrogen and oxygen atoms in total. The lowest BCUT2D eigenvalue weighted by atomic mass is 9.74. The van der Waals surface area contributed by atoms with Crippen LogP contribution < -0.4 is 0 Å². The molecule has 0 bridgehead atoms. The van der Waals surface area contributed by atoms with Crippen LogP contribution in [0.3, 0.4) is 0 Å². The van der Waals surface area contributed by atoms with E-state index in [4.69, 9.17) is 4.74 Å². The molecule has 2 N–H and O–H groups in total. The Hall–Kier alpha value is -1.39. The number of aliphatic hydroxyl groups is 1. The molecule has 108 valence electrons. The van der Waals surface area contributed by atoms with Crippen LogP contribution in [-0.4, -0.2) is 16.2 Å². The van der Waals surface area contributed by atoms with Gasteiger partial charge in [0.15, 0.2) is 0 Å². The predicted molar refractivity (Wildman–Crippen MR) is 73.0 cm³/mol. The molecule has 0 spiro atoms. The van der Waals surface area contributed by atoms with Crippen LogP contribution in [0.25, 0.3) is 0 Å². The van der Waals surface area contributed by atoms with E-state index in [2.05, 4.69) is 0 Å². The molecule has 3 atom stereocenters. The van der Waals surface area contributed by atoms with Gasteiger partial charge in [0, 0.05) is 5.92 Å². The van der Waals surface area contributed by atoms with Crippen LogP contribution in [0.4, 0.5) is 0 Å². The van der Waals surface area contributed by atoms with Gasteiger partial charge < -0.3 is 14.9 Å². The largest absolute Gasteiger partial charge is 0.481 e. The average molecular weight is 276 g/mol. The van der Waals surface area contributed by atoms with E-state index >= 15 is 0 Å². The fourth-order valence-corrected chi connectivity index (χ4v) is 3.47. The van der Waals surface area contributed by atoms with Crippen molar-refractivity contribution in [2.24, 2.45) is 11.8 Å². The average Bonchev–Trinajstić information content (AvgIpc) is 2.93. The van der Waals surface area contributed by atoms with Gasteiger partial charge in [-0.25, -0.2) is 0 Å². The van der Waals surface area contributed by atoms with Crippen molar-refractivity contribution in [1.82, 2.24) is 0 Å². The molecule has 3 unspecified atom stereocenters. The molecule has 1 aromatic rings. The minimum atomic E-state index is -0.779. The summed E-state index contributed by atoms with van der Waals surface area (Å²) >= 11 is 0. The highest BCUT2D eigenvalue weighted by molar-refractivity contribution is 5.70. The number of carboxylic acid groups (broad SMARTS) is 1. The van der Waals surface area contributed by atoms with E-state index in [-0.39, 0.29) is 5.92 Å². The maximum Gasteiger partial charge on any atom is 0.306 e. The molecule has 1 saturated carbocycles. The lowest BCUT2D eigenvalue weighted by Gasteiger charge is -2.32. The molecule has 0 aromatic heterocycles. The van der Waals surface area contributed by atoms with Gasteiger partial charge in [-0.15, -0.1) is 0 Å². The summed E-state index contributed by atoms with van der Waals surface area (Å²) in [4.78, 5) is 11.4. The van der Waals surface area contributed by atoms with E-state index in [0.717, 1.165) is 30.4 Å². The first-order chi connectivity index (χ1) is 9.66. The summed E-state index contributed by atoms with van der Waals surface area (Å²) in [6.45, 7) is 1.22. The van der Waals surface area contributed by atoms with Gasteiger partial charge in [-0.3, -0.25) is 4.79 Å². The Morgan fingerprint density at radius 1 is 1.20 bits per heavy atom. The normalized spacial score (nSPS) is 27.1. The molecule has 4 heteroatoms. The molecule has 20 heavy (non-hydrogen) atoms. The van der Waals surface area contributed by atoms with Crippen molar-refractivity contribution in [2.45, 2.75) is 45.0 Å². The van der Waals surface area contributed by atoms with Gasteiger partial charge in [0.05, 0.1) is 25.2 Å². The Morgan fingerprint density at radius 2 is 1.95 bits per heavy atom. The van der Waals surface area contributed by atoms with Crippen LogP contribution in [0.5, 0.6) is 0 Å². The quantitative estimate of drug-likeness (QED) is 0.890. The number of carbonyl (C=O) groups is 1. The zero-order chi connectivity index (χ0) is 14.1. The third-order valence-corrected chi connectivity index (χ3v) is 4.63. The van der Waals surface area contributed by atoms with Gasteiger partial charge in [0.1, 0.15) is 0 Å². The van der Waals surface area contributed by atoms with Crippen LogP contribution in [0.15, 0.2) is 18.2 Å². The summed E-state index contributed by atoms with van der Waals surface area (Å²) in [5.74, 6) is -1.39. The molecule has 0 amide bonds. The number of hydrogen-bond acceptors (Lipinski definition) is 3. The van der Waals surface area contributed by atoms with Crippen LogP contribution >= 0.6 is 0 Å². The van der Waals surface area contributed by atoms with E-state index in [1.54, 1.807) is 0 Å². The van der Waals surface area contributed by atoms with Crippen molar-refractivity contribution in [2.75, 3.05) is 0 Å². The summed E-state index contributed by atoms with van der Waals surface area (Å²) < 4.78 is 5.38. The monoisotopic (exact) mass is 276 g/mol. The lowest BCUT2D eigenvalue weighted by molar-refractivity contribution is -0.147. The van der Waals surface area contributed by atoms with Crippen molar-refractivity contribution in [1.29, 1.82) is 0 Å². The van der Waals surface area contributed by atoms with E-state index in [1.807, 2.05) is 18.2 Å². The van der Waals surface area contributed by atoms with Crippen molar-refractivity contribution >= 4 is 5.97 Å². The fourth-order valence-electron chi connectivity index (χ4n) is 3.47. The number of rotatable bonds is 3.